The van der Waals surface area contributed by atoms with Gasteiger partial charge in [-0.1, -0.05) is 29.8 Å². The molecule has 0 amide bonds. The number of hydrogen-bond acceptors (Lipinski definition) is 7. The van der Waals surface area contributed by atoms with Crippen molar-refractivity contribution in [2.45, 2.75) is 6.04 Å². The second-order valence-corrected chi connectivity index (χ2v) is 7.23. The first kappa shape index (κ1) is 19.9. The molecule has 0 bridgehead atoms. The molecule has 0 aliphatic heterocycles. The van der Waals surface area contributed by atoms with Crippen LogP contribution in [0.1, 0.15) is 11.6 Å². The summed E-state index contributed by atoms with van der Waals surface area (Å²) in [5, 5.41) is 25.0. The number of aliphatic hydroxyl groups excluding tert-OH is 1. The third kappa shape index (κ3) is 4.42. The Morgan fingerprint density at radius 3 is 2.57 bits per heavy atom. The van der Waals surface area contributed by atoms with Crippen LogP contribution in [0.4, 0.5) is 17.5 Å². The maximum atomic E-state index is 10.0. The van der Waals surface area contributed by atoms with Crippen molar-refractivity contribution in [3.05, 3.63) is 65.8 Å². The molecule has 0 aliphatic carbocycles. The van der Waals surface area contributed by atoms with E-state index < -0.39 is 6.04 Å². The minimum absolute atomic E-state index is 0.137. The summed E-state index contributed by atoms with van der Waals surface area (Å²) in [4.78, 5) is 8.65. The minimum atomic E-state index is -0.403. The molecular weight excluding hydrogens is 404 g/mol. The van der Waals surface area contributed by atoms with Crippen molar-refractivity contribution in [1.29, 1.82) is 0 Å². The van der Waals surface area contributed by atoms with Crippen LogP contribution in [0.25, 0.3) is 11.1 Å². The van der Waals surface area contributed by atoms with E-state index in [1.165, 1.54) is 6.20 Å². The summed E-state index contributed by atoms with van der Waals surface area (Å²) in [6.07, 6.45) is 8.74. The van der Waals surface area contributed by atoms with Gasteiger partial charge in [0.15, 0.2) is 5.82 Å². The predicted octanol–water partition coefficient (Wildman–Crippen LogP) is 3.15. The Kier molecular flexibility index (Phi) is 5.64. The van der Waals surface area contributed by atoms with Gasteiger partial charge in [-0.2, -0.15) is 15.2 Å². The molecule has 0 aliphatic rings. The Balaban J connectivity index is 1.57. The van der Waals surface area contributed by atoms with Gasteiger partial charge in [0.1, 0.15) is 5.02 Å². The average molecular weight is 425 g/mol. The van der Waals surface area contributed by atoms with E-state index in [1.807, 2.05) is 50.8 Å². The highest BCUT2D eigenvalue weighted by Crippen LogP contribution is 2.28. The fourth-order valence-electron chi connectivity index (χ4n) is 3.05. The summed E-state index contributed by atoms with van der Waals surface area (Å²) < 4.78 is 3.43. The van der Waals surface area contributed by atoms with Crippen molar-refractivity contribution in [3.63, 3.8) is 0 Å². The molecule has 0 fully saturated rings. The molecule has 9 nitrogen and oxygen atoms in total. The molecule has 0 radical (unpaired) electrons. The van der Waals surface area contributed by atoms with Crippen molar-refractivity contribution < 1.29 is 5.11 Å². The minimum Gasteiger partial charge on any atom is -0.394 e. The Morgan fingerprint density at radius 2 is 1.87 bits per heavy atom. The number of benzene rings is 1. The van der Waals surface area contributed by atoms with Gasteiger partial charge in [-0.25, -0.2) is 4.98 Å². The van der Waals surface area contributed by atoms with Crippen molar-refractivity contribution in [3.8, 4) is 11.1 Å². The number of aliphatic hydroxyl groups is 1. The van der Waals surface area contributed by atoms with E-state index in [1.54, 1.807) is 21.8 Å². The number of nitrogens with zero attached hydrogens (tertiary/aromatic N) is 6. The number of anilines is 3. The van der Waals surface area contributed by atoms with E-state index >= 15 is 0 Å². The summed E-state index contributed by atoms with van der Waals surface area (Å²) in [6.45, 7) is -0.137. The summed E-state index contributed by atoms with van der Waals surface area (Å²) in [6, 6.07) is 7.49. The lowest BCUT2D eigenvalue weighted by molar-refractivity contribution is 0.276. The molecule has 1 atom stereocenters. The molecule has 3 N–H and O–H groups in total. The van der Waals surface area contributed by atoms with Gasteiger partial charge in [0, 0.05) is 32.1 Å². The van der Waals surface area contributed by atoms with Gasteiger partial charge in [0.2, 0.25) is 5.95 Å². The maximum Gasteiger partial charge on any atom is 0.229 e. The van der Waals surface area contributed by atoms with E-state index in [9.17, 15) is 5.11 Å². The van der Waals surface area contributed by atoms with Crippen LogP contribution >= 0.6 is 11.6 Å². The summed E-state index contributed by atoms with van der Waals surface area (Å²) in [5.41, 5.74) is 3.66. The number of aryl methyl sites for hydroxylation is 2. The predicted molar refractivity (Wildman–Crippen MR) is 116 cm³/mol. The number of rotatable bonds is 7. The summed E-state index contributed by atoms with van der Waals surface area (Å²) in [5.74, 6) is 0.791. The summed E-state index contributed by atoms with van der Waals surface area (Å²) in [7, 11) is 3.70. The molecular formula is C20H21ClN8O. The van der Waals surface area contributed by atoms with E-state index in [0.717, 1.165) is 22.4 Å². The van der Waals surface area contributed by atoms with E-state index in [0.29, 0.717) is 16.8 Å². The van der Waals surface area contributed by atoms with Gasteiger partial charge in [0.05, 0.1) is 36.9 Å². The van der Waals surface area contributed by atoms with Crippen LogP contribution in [0.3, 0.4) is 0 Å². The maximum absolute atomic E-state index is 10.0. The van der Waals surface area contributed by atoms with Gasteiger partial charge in [-0.3, -0.25) is 9.36 Å². The summed E-state index contributed by atoms with van der Waals surface area (Å²) >= 11 is 6.30. The van der Waals surface area contributed by atoms with Crippen molar-refractivity contribution in [1.82, 2.24) is 29.5 Å². The normalized spacial score (nSPS) is 12.0. The van der Waals surface area contributed by atoms with Crippen LogP contribution in [0, 0.1) is 0 Å². The SMILES string of the molecule is Cn1cc(Nc2ncc(Cl)c(N[C@H](CO)c3cccc(-c4cnn(C)c4)c3)n2)cn1. The molecule has 0 saturated carbocycles. The van der Waals surface area contributed by atoms with Gasteiger partial charge < -0.3 is 15.7 Å². The van der Waals surface area contributed by atoms with Crippen LogP contribution in [-0.2, 0) is 14.1 Å². The standard InChI is InChI=1S/C20H21ClN8O/c1-28-10-15(7-23-28)13-4-3-5-14(6-13)18(12-30)26-19-17(21)9-22-20(27-19)25-16-8-24-29(2)11-16/h3-11,18,30H,12H2,1-2H3,(H2,22,25,26,27)/t18-/m1/s1. The average Bonchev–Trinajstić information content (AvgIpc) is 3.36. The number of nitrogens with one attached hydrogen (secondary N) is 2. The van der Waals surface area contributed by atoms with Crippen molar-refractivity contribution in [2.24, 2.45) is 14.1 Å². The highest BCUT2D eigenvalue weighted by Gasteiger charge is 2.15. The van der Waals surface area contributed by atoms with Crippen molar-refractivity contribution >= 4 is 29.1 Å². The Bertz CT molecular complexity index is 1160. The number of hydrogen-bond donors (Lipinski definition) is 3. The van der Waals surface area contributed by atoms with Crippen molar-refractivity contribution in [2.75, 3.05) is 17.2 Å². The largest absolute Gasteiger partial charge is 0.394 e. The second kappa shape index (κ2) is 8.52. The molecule has 3 aromatic heterocycles. The molecule has 0 saturated heterocycles. The molecule has 1 aromatic carbocycles. The molecule has 0 spiro atoms. The zero-order valence-electron chi connectivity index (χ0n) is 16.5. The topological polar surface area (TPSA) is 106 Å². The molecule has 30 heavy (non-hydrogen) atoms. The highest BCUT2D eigenvalue weighted by molar-refractivity contribution is 6.32. The van der Waals surface area contributed by atoms with Crippen LogP contribution < -0.4 is 10.6 Å². The van der Waals surface area contributed by atoms with E-state index in [2.05, 4.69) is 30.8 Å². The highest BCUT2D eigenvalue weighted by atomic mass is 35.5. The molecule has 0 unspecified atom stereocenters. The first-order chi connectivity index (χ1) is 14.5. The zero-order valence-corrected chi connectivity index (χ0v) is 17.2. The van der Waals surface area contributed by atoms with Crippen LogP contribution in [0.5, 0.6) is 0 Å². The third-order valence-corrected chi connectivity index (χ3v) is 4.80. The van der Waals surface area contributed by atoms with E-state index in [-0.39, 0.29) is 6.61 Å². The van der Waals surface area contributed by atoms with Gasteiger partial charge in [-0.05, 0) is 17.2 Å². The molecule has 154 valence electrons. The van der Waals surface area contributed by atoms with Gasteiger partial charge in [-0.15, -0.1) is 0 Å². The quantitative estimate of drug-likeness (QED) is 0.418. The smallest absolute Gasteiger partial charge is 0.229 e. The number of halogens is 1. The molecule has 10 heteroatoms. The Labute approximate surface area is 178 Å². The fraction of sp³-hybridized carbons (Fsp3) is 0.200. The fourth-order valence-corrected chi connectivity index (χ4v) is 3.19. The lowest BCUT2D eigenvalue weighted by Gasteiger charge is -2.19. The van der Waals surface area contributed by atoms with Gasteiger partial charge >= 0.3 is 0 Å². The first-order valence-corrected chi connectivity index (χ1v) is 9.64. The zero-order chi connectivity index (χ0) is 21.1. The Morgan fingerprint density at radius 1 is 1.07 bits per heavy atom. The molecule has 4 aromatic rings. The lowest BCUT2D eigenvalue weighted by atomic mass is 10.0. The molecule has 3 heterocycles. The Hall–Kier alpha value is -3.43. The van der Waals surface area contributed by atoms with E-state index in [4.69, 9.17) is 11.6 Å². The van der Waals surface area contributed by atoms with Crippen LogP contribution in [0.2, 0.25) is 5.02 Å². The second-order valence-electron chi connectivity index (χ2n) is 6.83. The van der Waals surface area contributed by atoms with Crippen LogP contribution in [-0.4, -0.2) is 41.2 Å². The first-order valence-electron chi connectivity index (χ1n) is 9.26. The lowest BCUT2D eigenvalue weighted by Crippen LogP contribution is -2.16. The van der Waals surface area contributed by atoms with Gasteiger partial charge in [0.25, 0.3) is 0 Å². The molecule has 4 rings (SSSR count). The monoisotopic (exact) mass is 424 g/mol. The number of aromatic nitrogens is 6. The third-order valence-electron chi connectivity index (χ3n) is 4.53. The van der Waals surface area contributed by atoms with Crippen LogP contribution in [0.15, 0.2) is 55.2 Å².